The van der Waals surface area contributed by atoms with E-state index in [1.807, 2.05) is 47.7 Å². The quantitative estimate of drug-likeness (QED) is 0.339. The Morgan fingerprint density at radius 3 is 2.43 bits per heavy atom. The lowest BCUT2D eigenvalue weighted by Gasteiger charge is -2.27. The van der Waals surface area contributed by atoms with Crippen molar-refractivity contribution in [3.63, 3.8) is 0 Å². The highest BCUT2D eigenvalue weighted by Gasteiger charge is 2.34. The Kier molecular flexibility index (Phi) is 6.13. The first kappa shape index (κ1) is 24.7. The van der Waals surface area contributed by atoms with Gasteiger partial charge in [0.2, 0.25) is 5.82 Å². The number of imidazole rings is 1. The first-order valence-corrected chi connectivity index (χ1v) is 12.0. The molecule has 1 fully saturated rings. The van der Waals surface area contributed by atoms with E-state index in [0.717, 1.165) is 36.1 Å². The van der Waals surface area contributed by atoms with Crippen molar-refractivity contribution < 1.29 is 23.1 Å². The van der Waals surface area contributed by atoms with Crippen molar-refractivity contribution in [1.29, 1.82) is 0 Å². The molecule has 4 aromatic rings. The van der Waals surface area contributed by atoms with E-state index in [9.17, 15) is 23.1 Å². The van der Waals surface area contributed by atoms with Crippen LogP contribution in [0.3, 0.4) is 0 Å². The fraction of sp³-hybridized carbons (Fsp3) is 0.333. The Labute approximate surface area is 211 Å². The van der Waals surface area contributed by atoms with E-state index >= 15 is 0 Å². The largest absolute Gasteiger partial charge is 0.475 e. The van der Waals surface area contributed by atoms with Gasteiger partial charge in [-0.1, -0.05) is 35.9 Å². The summed E-state index contributed by atoms with van der Waals surface area (Å²) in [7, 11) is 1.87. The van der Waals surface area contributed by atoms with Gasteiger partial charge in [0.15, 0.2) is 11.5 Å². The first-order chi connectivity index (χ1) is 17.5. The smallest absolute Gasteiger partial charge is 0.416 e. The number of alkyl halides is 3. The molecular formula is C27H26F3N5O2. The van der Waals surface area contributed by atoms with Crippen molar-refractivity contribution in [1.82, 2.24) is 19.5 Å². The number of benzene rings is 2. The summed E-state index contributed by atoms with van der Waals surface area (Å²) in [4.78, 5) is 27.2. The third-order valence-electron chi connectivity index (χ3n) is 6.92. The van der Waals surface area contributed by atoms with Crippen molar-refractivity contribution in [3.8, 4) is 11.4 Å². The van der Waals surface area contributed by atoms with Crippen LogP contribution in [-0.4, -0.2) is 43.7 Å². The Balaban J connectivity index is 1.72. The van der Waals surface area contributed by atoms with Crippen molar-refractivity contribution in [2.75, 3.05) is 11.9 Å². The molecule has 2 heterocycles. The van der Waals surface area contributed by atoms with Gasteiger partial charge in [-0.05, 0) is 56.4 Å². The van der Waals surface area contributed by atoms with Gasteiger partial charge in [0, 0.05) is 25.2 Å². The molecule has 0 saturated heterocycles. The molecule has 5 rings (SSSR count). The van der Waals surface area contributed by atoms with E-state index in [4.69, 9.17) is 4.98 Å². The molecule has 192 valence electrons. The van der Waals surface area contributed by atoms with Crippen LogP contribution < -0.4 is 4.90 Å². The number of anilines is 1. The van der Waals surface area contributed by atoms with Gasteiger partial charge in [-0.25, -0.2) is 19.7 Å². The number of aromatic carboxylic acids is 1. The summed E-state index contributed by atoms with van der Waals surface area (Å²) in [6, 6.07) is 12.8. The third kappa shape index (κ3) is 4.87. The number of rotatable bonds is 7. The molecule has 2 aromatic heterocycles. The van der Waals surface area contributed by atoms with Crippen molar-refractivity contribution >= 4 is 23.0 Å². The van der Waals surface area contributed by atoms with Crippen LogP contribution in [0.5, 0.6) is 0 Å². The van der Waals surface area contributed by atoms with Gasteiger partial charge in [-0.3, -0.25) is 0 Å². The molecule has 2 aromatic carbocycles. The Morgan fingerprint density at radius 1 is 1.14 bits per heavy atom. The number of fused-ring (bicyclic) bond motifs is 1. The fourth-order valence-electron chi connectivity index (χ4n) is 4.59. The van der Waals surface area contributed by atoms with Crippen LogP contribution >= 0.6 is 0 Å². The maximum Gasteiger partial charge on any atom is 0.416 e. The van der Waals surface area contributed by atoms with Crippen molar-refractivity contribution in [2.24, 2.45) is 5.92 Å². The molecule has 0 bridgehead atoms. The second-order valence-corrected chi connectivity index (χ2v) is 9.62. The summed E-state index contributed by atoms with van der Waals surface area (Å²) in [5, 5.41) is 9.70. The molecular weight excluding hydrogens is 483 g/mol. The van der Waals surface area contributed by atoms with E-state index in [-0.39, 0.29) is 24.1 Å². The number of halogens is 3. The summed E-state index contributed by atoms with van der Waals surface area (Å²) in [6.45, 7) is 4.22. The molecule has 10 heteroatoms. The maximum absolute atomic E-state index is 13.1. The van der Waals surface area contributed by atoms with Crippen molar-refractivity contribution in [2.45, 2.75) is 45.5 Å². The molecule has 1 N–H and O–H groups in total. The molecule has 37 heavy (non-hydrogen) atoms. The van der Waals surface area contributed by atoms with Crippen LogP contribution in [0.4, 0.5) is 19.0 Å². The minimum Gasteiger partial charge on any atom is -0.475 e. The fourth-order valence-corrected chi connectivity index (χ4v) is 4.59. The number of hydrogen-bond acceptors (Lipinski definition) is 5. The van der Waals surface area contributed by atoms with Gasteiger partial charge in [0.05, 0.1) is 5.56 Å². The summed E-state index contributed by atoms with van der Waals surface area (Å²) in [5.74, 6) is -0.174. The Hall–Kier alpha value is -3.95. The molecule has 7 nitrogen and oxygen atoms in total. The highest BCUT2D eigenvalue weighted by atomic mass is 19.4. The molecule has 1 unspecified atom stereocenters. The predicted molar refractivity (Wildman–Crippen MR) is 134 cm³/mol. The average Bonchev–Trinajstić information content (AvgIpc) is 3.64. The number of carbonyl (C=O) groups is 1. The topological polar surface area (TPSA) is 84.1 Å². The number of nitrogens with zero attached hydrogens (tertiary/aromatic N) is 5. The zero-order valence-electron chi connectivity index (χ0n) is 20.6. The van der Waals surface area contributed by atoms with Crippen LogP contribution in [-0.2, 0) is 12.7 Å². The van der Waals surface area contributed by atoms with Gasteiger partial charge in [-0.15, -0.1) is 0 Å². The lowest BCUT2D eigenvalue weighted by Crippen LogP contribution is -2.32. The summed E-state index contributed by atoms with van der Waals surface area (Å²) < 4.78 is 41.3. The number of hydrogen-bond donors (Lipinski definition) is 1. The van der Waals surface area contributed by atoms with E-state index < -0.39 is 17.7 Å². The van der Waals surface area contributed by atoms with E-state index in [1.165, 1.54) is 12.1 Å². The molecule has 0 amide bonds. The SMILES string of the molecule is Cc1cccc(-c2nc3nc(C(=O)O)nc(N(C)C(C)C4CC4)c3n2Cc2ccc(C(F)(F)F)cc2)c1. The van der Waals surface area contributed by atoms with Gasteiger partial charge in [-0.2, -0.15) is 13.2 Å². The predicted octanol–water partition coefficient (Wildman–Crippen LogP) is 5.80. The Morgan fingerprint density at radius 2 is 1.84 bits per heavy atom. The third-order valence-corrected chi connectivity index (χ3v) is 6.92. The summed E-state index contributed by atoms with van der Waals surface area (Å²) in [5.41, 5.74) is 2.46. The zero-order chi connectivity index (χ0) is 26.5. The number of carboxylic acid groups (broad SMARTS) is 1. The van der Waals surface area contributed by atoms with Crippen LogP contribution in [0.2, 0.25) is 0 Å². The monoisotopic (exact) mass is 509 g/mol. The molecule has 1 aliphatic carbocycles. The van der Waals surface area contributed by atoms with E-state index in [0.29, 0.717) is 28.6 Å². The van der Waals surface area contributed by atoms with Gasteiger partial charge in [0.1, 0.15) is 11.3 Å². The second-order valence-electron chi connectivity index (χ2n) is 9.62. The van der Waals surface area contributed by atoms with E-state index in [1.54, 1.807) is 0 Å². The standard InChI is InChI=1S/C27H26F3N5O2/c1-15-5-4-6-19(13-15)24-32-22-21(35(24)14-17-7-11-20(12-8-17)27(28,29)30)25(33-23(31-22)26(36)37)34(3)16(2)18-9-10-18/h4-8,11-13,16,18H,9-10,14H2,1-3H3,(H,36,37). The minimum atomic E-state index is -4.43. The zero-order valence-corrected chi connectivity index (χ0v) is 20.6. The van der Waals surface area contributed by atoms with E-state index in [2.05, 4.69) is 16.9 Å². The molecule has 1 aliphatic rings. The lowest BCUT2D eigenvalue weighted by molar-refractivity contribution is -0.137. The summed E-state index contributed by atoms with van der Waals surface area (Å²) in [6.07, 6.45) is -2.25. The molecule has 1 atom stereocenters. The Bertz CT molecular complexity index is 1480. The maximum atomic E-state index is 13.1. The molecule has 0 radical (unpaired) electrons. The van der Waals surface area contributed by atoms with Gasteiger partial charge in [0.25, 0.3) is 0 Å². The first-order valence-electron chi connectivity index (χ1n) is 12.0. The average molecular weight is 510 g/mol. The van der Waals surface area contributed by atoms with Crippen molar-refractivity contribution in [3.05, 3.63) is 71.0 Å². The number of aromatic nitrogens is 4. The highest BCUT2D eigenvalue weighted by molar-refractivity contribution is 5.92. The number of carboxylic acids is 1. The summed E-state index contributed by atoms with van der Waals surface area (Å²) >= 11 is 0. The molecule has 0 spiro atoms. The second kappa shape index (κ2) is 9.17. The number of aryl methyl sites for hydroxylation is 1. The minimum absolute atomic E-state index is 0.108. The lowest BCUT2D eigenvalue weighted by atomic mass is 10.1. The van der Waals surface area contributed by atoms with Crippen LogP contribution in [0.25, 0.3) is 22.6 Å². The van der Waals surface area contributed by atoms with Crippen LogP contribution in [0, 0.1) is 12.8 Å². The van der Waals surface area contributed by atoms with Gasteiger partial charge >= 0.3 is 12.1 Å². The van der Waals surface area contributed by atoms with Crippen LogP contribution in [0.1, 0.15) is 47.1 Å². The highest BCUT2D eigenvalue weighted by Crippen LogP contribution is 2.38. The van der Waals surface area contributed by atoms with Crippen LogP contribution in [0.15, 0.2) is 48.5 Å². The normalized spacial score (nSPS) is 14.6. The molecule has 1 saturated carbocycles. The van der Waals surface area contributed by atoms with Gasteiger partial charge < -0.3 is 14.6 Å². The molecule has 0 aliphatic heterocycles.